The van der Waals surface area contributed by atoms with E-state index in [1.54, 1.807) is 13.8 Å². The third-order valence-corrected chi connectivity index (χ3v) is 2.60. The molecule has 0 fully saturated rings. The molecule has 1 aromatic carbocycles. The van der Waals surface area contributed by atoms with Crippen molar-refractivity contribution in [2.24, 2.45) is 5.73 Å². The molecule has 3 N–H and O–H groups in total. The molecular formula is C12H15F3N2O. The predicted octanol–water partition coefficient (Wildman–Crippen LogP) is 2.69. The van der Waals surface area contributed by atoms with Gasteiger partial charge in [-0.1, -0.05) is 13.0 Å². The average Bonchev–Trinajstić information content (AvgIpc) is 2.29. The molecule has 0 aromatic heterocycles. The predicted molar refractivity (Wildman–Crippen MR) is 63.1 cm³/mol. The summed E-state index contributed by atoms with van der Waals surface area (Å²) in [5, 5.41) is 2.41. The van der Waals surface area contributed by atoms with Crippen LogP contribution in [-0.4, -0.2) is 11.9 Å². The lowest BCUT2D eigenvalue weighted by atomic mass is 10.1. The molecule has 0 heterocycles. The second kappa shape index (κ2) is 5.39. The molecular weight excluding hydrogens is 245 g/mol. The average molecular weight is 260 g/mol. The summed E-state index contributed by atoms with van der Waals surface area (Å²) in [6.07, 6.45) is -4.01. The van der Waals surface area contributed by atoms with E-state index in [2.05, 4.69) is 5.32 Å². The fraction of sp³-hybridized carbons (Fsp3) is 0.417. The summed E-state index contributed by atoms with van der Waals surface area (Å²) in [6.45, 7) is 3.34. The minimum atomic E-state index is -4.43. The van der Waals surface area contributed by atoms with E-state index in [1.165, 1.54) is 6.07 Å². The Kier molecular flexibility index (Phi) is 4.34. The van der Waals surface area contributed by atoms with Gasteiger partial charge in [0.1, 0.15) is 0 Å². The van der Waals surface area contributed by atoms with Crippen LogP contribution in [0.3, 0.4) is 0 Å². The number of carbonyl (C=O) groups is 1. The molecule has 1 rings (SSSR count). The zero-order valence-electron chi connectivity index (χ0n) is 10.1. The minimum Gasteiger partial charge on any atom is -0.324 e. The monoisotopic (exact) mass is 260 g/mol. The second-order valence-corrected chi connectivity index (χ2v) is 4.03. The van der Waals surface area contributed by atoms with Gasteiger partial charge >= 0.3 is 6.18 Å². The highest BCUT2D eigenvalue weighted by Gasteiger charge is 2.31. The molecule has 1 aromatic rings. The molecule has 0 unspecified atom stereocenters. The summed E-state index contributed by atoms with van der Waals surface area (Å²) in [6, 6.07) is 2.48. The van der Waals surface area contributed by atoms with E-state index in [0.29, 0.717) is 12.0 Å². The normalized spacial score (nSPS) is 13.2. The number of carbonyl (C=O) groups excluding carboxylic acids is 1. The Morgan fingerprint density at radius 1 is 1.44 bits per heavy atom. The van der Waals surface area contributed by atoms with Gasteiger partial charge in [0.05, 0.1) is 11.6 Å². The van der Waals surface area contributed by atoms with Gasteiger partial charge < -0.3 is 11.1 Å². The van der Waals surface area contributed by atoms with E-state index in [4.69, 9.17) is 5.73 Å². The number of benzene rings is 1. The number of nitrogens with two attached hydrogens (primary N) is 1. The number of nitrogens with one attached hydrogen (secondary N) is 1. The molecule has 18 heavy (non-hydrogen) atoms. The minimum absolute atomic E-state index is 0.138. The first kappa shape index (κ1) is 14.5. The number of amides is 1. The number of hydrogen-bond acceptors (Lipinski definition) is 2. The second-order valence-electron chi connectivity index (χ2n) is 4.03. The van der Waals surface area contributed by atoms with Crippen LogP contribution >= 0.6 is 0 Å². The van der Waals surface area contributed by atoms with E-state index in [0.717, 1.165) is 12.1 Å². The smallest absolute Gasteiger partial charge is 0.324 e. The van der Waals surface area contributed by atoms with Crippen molar-refractivity contribution in [2.75, 3.05) is 5.32 Å². The van der Waals surface area contributed by atoms with E-state index in [9.17, 15) is 18.0 Å². The summed E-state index contributed by atoms with van der Waals surface area (Å²) >= 11 is 0. The van der Waals surface area contributed by atoms with Crippen LogP contribution < -0.4 is 11.1 Å². The van der Waals surface area contributed by atoms with Gasteiger partial charge in [0.2, 0.25) is 5.91 Å². The molecule has 1 atom stereocenters. The molecule has 0 spiro atoms. The number of anilines is 1. The van der Waals surface area contributed by atoms with Crippen LogP contribution in [-0.2, 0) is 11.0 Å². The van der Waals surface area contributed by atoms with Gasteiger partial charge in [0.25, 0.3) is 0 Å². The molecule has 0 radical (unpaired) electrons. The van der Waals surface area contributed by atoms with Crippen molar-refractivity contribution < 1.29 is 18.0 Å². The highest BCUT2D eigenvalue weighted by atomic mass is 19.4. The Labute approximate surface area is 103 Å². The van der Waals surface area contributed by atoms with E-state index >= 15 is 0 Å². The van der Waals surface area contributed by atoms with Crippen molar-refractivity contribution in [1.29, 1.82) is 0 Å². The quantitative estimate of drug-likeness (QED) is 0.877. The van der Waals surface area contributed by atoms with Crippen LogP contribution in [0, 0.1) is 6.92 Å². The van der Waals surface area contributed by atoms with Crippen LogP contribution in [0.2, 0.25) is 0 Å². The maximum atomic E-state index is 12.5. The SMILES string of the molecule is CC[C@H](N)C(=O)Nc1cc(C(F)(F)F)ccc1C. The molecule has 6 heteroatoms. The van der Waals surface area contributed by atoms with Gasteiger partial charge in [0.15, 0.2) is 0 Å². The number of halogens is 3. The highest BCUT2D eigenvalue weighted by Crippen LogP contribution is 2.32. The van der Waals surface area contributed by atoms with Crippen LogP contribution in [0.25, 0.3) is 0 Å². The van der Waals surface area contributed by atoms with Crippen LogP contribution in [0.15, 0.2) is 18.2 Å². The maximum absolute atomic E-state index is 12.5. The van der Waals surface area contributed by atoms with E-state index < -0.39 is 23.7 Å². The summed E-state index contributed by atoms with van der Waals surface area (Å²) in [5.41, 5.74) is 5.40. The summed E-state index contributed by atoms with van der Waals surface area (Å²) in [5.74, 6) is -0.486. The Hall–Kier alpha value is -1.56. The van der Waals surface area contributed by atoms with Gasteiger partial charge in [-0.3, -0.25) is 4.79 Å². The number of aryl methyl sites for hydroxylation is 1. The molecule has 0 saturated carbocycles. The lowest BCUT2D eigenvalue weighted by molar-refractivity contribution is -0.137. The first-order valence-corrected chi connectivity index (χ1v) is 5.50. The number of alkyl halides is 3. The number of hydrogen-bond donors (Lipinski definition) is 2. The van der Waals surface area contributed by atoms with Gasteiger partial charge in [-0.15, -0.1) is 0 Å². The van der Waals surface area contributed by atoms with Crippen LogP contribution in [0.5, 0.6) is 0 Å². The summed E-state index contributed by atoms with van der Waals surface area (Å²) < 4.78 is 37.6. The molecule has 100 valence electrons. The van der Waals surface area contributed by atoms with Gasteiger partial charge in [0, 0.05) is 5.69 Å². The molecule has 0 aliphatic heterocycles. The van der Waals surface area contributed by atoms with Crippen molar-refractivity contribution >= 4 is 11.6 Å². The first-order chi connectivity index (χ1) is 8.25. The van der Waals surface area contributed by atoms with Gasteiger partial charge in [-0.25, -0.2) is 0 Å². The zero-order valence-corrected chi connectivity index (χ0v) is 10.1. The molecule has 0 aliphatic rings. The Morgan fingerprint density at radius 3 is 2.56 bits per heavy atom. The van der Waals surface area contributed by atoms with Gasteiger partial charge in [-0.2, -0.15) is 13.2 Å². The van der Waals surface area contributed by atoms with Crippen LogP contribution in [0.1, 0.15) is 24.5 Å². The van der Waals surface area contributed by atoms with Crippen molar-refractivity contribution in [3.05, 3.63) is 29.3 Å². The van der Waals surface area contributed by atoms with Crippen molar-refractivity contribution in [1.82, 2.24) is 0 Å². The Balaban J connectivity index is 2.99. The molecule has 0 bridgehead atoms. The lowest BCUT2D eigenvalue weighted by Crippen LogP contribution is -2.35. The number of rotatable bonds is 3. The topological polar surface area (TPSA) is 55.1 Å². The van der Waals surface area contributed by atoms with Crippen LogP contribution in [0.4, 0.5) is 18.9 Å². The summed E-state index contributed by atoms with van der Waals surface area (Å²) in [7, 11) is 0. The van der Waals surface area contributed by atoms with Crippen molar-refractivity contribution in [3.63, 3.8) is 0 Å². The van der Waals surface area contributed by atoms with Crippen molar-refractivity contribution in [3.8, 4) is 0 Å². The van der Waals surface area contributed by atoms with E-state index in [1.807, 2.05) is 0 Å². The molecule has 1 amide bonds. The fourth-order valence-corrected chi connectivity index (χ4v) is 1.34. The standard InChI is InChI=1S/C12H15F3N2O/c1-3-9(16)11(18)17-10-6-8(12(13,14)15)5-4-7(10)2/h4-6,9H,3,16H2,1-2H3,(H,17,18)/t9-/m0/s1. The Morgan fingerprint density at radius 2 is 2.06 bits per heavy atom. The molecule has 0 aliphatic carbocycles. The maximum Gasteiger partial charge on any atom is 0.416 e. The first-order valence-electron chi connectivity index (χ1n) is 5.50. The largest absolute Gasteiger partial charge is 0.416 e. The van der Waals surface area contributed by atoms with Gasteiger partial charge in [-0.05, 0) is 31.0 Å². The fourth-order valence-electron chi connectivity index (χ4n) is 1.34. The highest BCUT2D eigenvalue weighted by molar-refractivity contribution is 5.95. The third-order valence-electron chi connectivity index (χ3n) is 2.60. The van der Waals surface area contributed by atoms with Crippen molar-refractivity contribution in [2.45, 2.75) is 32.5 Å². The molecule has 3 nitrogen and oxygen atoms in total. The zero-order chi connectivity index (χ0) is 13.9. The summed E-state index contributed by atoms with van der Waals surface area (Å²) in [4.78, 5) is 11.5. The Bertz CT molecular complexity index is 443. The van der Waals surface area contributed by atoms with E-state index in [-0.39, 0.29) is 5.69 Å². The third kappa shape index (κ3) is 3.46. The lowest BCUT2D eigenvalue weighted by Gasteiger charge is -2.14. The molecule has 0 saturated heterocycles.